The number of nitrogens with one attached hydrogen (secondary N) is 1. The van der Waals surface area contributed by atoms with Gasteiger partial charge in [0.15, 0.2) is 0 Å². The van der Waals surface area contributed by atoms with E-state index < -0.39 is 6.04 Å². The average Bonchev–Trinajstić information content (AvgIpc) is 2.89. The van der Waals surface area contributed by atoms with Gasteiger partial charge in [0.2, 0.25) is 11.8 Å². The van der Waals surface area contributed by atoms with Crippen molar-refractivity contribution in [2.45, 2.75) is 44.5 Å². The van der Waals surface area contributed by atoms with Crippen molar-refractivity contribution in [1.82, 2.24) is 10.2 Å². The summed E-state index contributed by atoms with van der Waals surface area (Å²) in [5.74, 6) is 0.912. The minimum atomic E-state index is -0.652. The van der Waals surface area contributed by atoms with E-state index in [1.807, 2.05) is 55.5 Å². The predicted octanol–water partition coefficient (Wildman–Crippen LogP) is 5.62. The Kier molecular flexibility index (Phi) is 10.8. The molecule has 0 saturated carbocycles. The number of halogens is 1. The number of nitrogens with zero attached hydrogens (tertiary/aromatic N) is 1. The summed E-state index contributed by atoms with van der Waals surface area (Å²) in [6.45, 7) is 2.80. The van der Waals surface area contributed by atoms with Gasteiger partial charge in [-0.05, 0) is 35.2 Å². The maximum atomic E-state index is 13.5. The molecular weight excluding hydrogens is 459 g/mol. The second kappa shape index (κ2) is 14.3. The fourth-order valence-corrected chi connectivity index (χ4v) is 4.67. The lowest BCUT2D eigenvalue weighted by atomic mass is 10.0. The molecule has 0 saturated heterocycles. The summed E-state index contributed by atoms with van der Waals surface area (Å²) in [4.78, 5) is 28.4. The van der Waals surface area contributed by atoms with Crippen molar-refractivity contribution in [2.24, 2.45) is 0 Å². The summed E-state index contributed by atoms with van der Waals surface area (Å²) in [6, 6.07) is 25.3. The molecule has 6 heteroatoms. The maximum Gasteiger partial charge on any atom is 0.243 e. The number of carbonyl (C=O) groups is 2. The van der Waals surface area contributed by atoms with E-state index in [0.29, 0.717) is 25.1 Å². The topological polar surface area (TPSA) is 49.4 Å². The molecular formula is C29H33FN2O2S. The van der Waals surface area contributed by atoms with Gasteiger partial charge in [-0.1, -0.05) is 79.7 Å². The van der Waals surface area contributed by atoms with E-state index in [4.69, 9.17) is 0 Å². The number of carbonyl (C=O) groups excluding carboxylic acids is 2. The number of hydrogen-bond acceptors (Lipinski definition) is 3. The molecule has 4 nitrogen and oxygen atoms in total. The Hall–Kier alpha value is -3.12. The molecule has 0 bridgehead atoms. The van der Waals surface area contributed by atoms with Gasteiger partial charge in [-0.2, -0.15) is 11.8 Å². The maximum absolute atomic E-state index is 13.5. The number of thioether (sulfide) groups is 1. The molecule has 0 aliphatic rings. The van der Waals surface area contributed by atoms with Crippen LogP contribution in [-0.4, -0.2) is 35.1 Å². The second-order valence-electron chi connectivity index (χ2n) is 8.43. The van der Waals surface area contributed by atoms with Crippen LogP contribution in [-0.2, 0) is 28.3 Å². The number of hydrogen-bond donors (Lipinski definition) is 1. The van der Waals surface area contributed by atoms with Crippen LogP contribution in [0.4, 0.5) is 4.39 Å². The fourth-order valence-electron chi connectivity index (χ4n) is 3.77. The van der Waals surface area contributed by atoms with Crippen molar-refractivity contribution in [2.75, 3.05) is 12.3 Å². The Balaban J connectivity index is 1.77. The van der Waals surface area contributed by atoms with Crippen LogP contribution in [0.15, 0.2) is 84.9 Å². The molecule has 0 aliphatic carbocycles. The van der Waals surface area contributed by atoms with Crippen LogP contribution in [0.5, 0.6) is 0 Å². The molecule has 3 aromatic rings. The van der Waals surface area contributed by atoms with Crippen LogP contribution in [0.25, 0.3) is 0 Å². The first-order valence-corrected chi connectivity index (χ1v) is 13.2. The third-order valence-corrected chi connectivity index (χ3v) is 6.69. The Labute approximate surface area is 211 Å². The van der Waals surface area contributed by atoms with Crippen molar-refractivity contribution in [3.05, 3.63) is 107 Å². The average molecular weight is 493 g/mol. The molecule has 0 spiro atoms. The van der Waals surface area contributed by atoms with Crippen LogP contribution < -0.4 is 5.32 Å². The number of amides is 2. The lowest BCUT2D eigenvalue weighted by Crippen LogP contribution is -2.50. The van der Waals surface area contributed by atoms with E-state index in [1.165, 1.54) is 17.7 Å². The van der Waals surface area contributed by atoms with Gasteiger partial charge in [-0.25, -0.2) is 4.39 Å². The van der Waals surface area contributed by atoms with E-state index in [0.717, 1.165) is 23.3 Å². The molecule has 0 aliphatic heterocycles. The van der Waals surface area contributed by atoms with E-state index in [-0.39, 0.29) is 24.2 Å². The zero-order valence-electron chi connectivity index (χ0n) is 20.2. The summed E-state index contributed by atoms with van der Waals surface area (Å²) in [5, 5.41) is 2.97. The highest BCUT2D eigenvalue weighted by atomic mass is 32.2. The van der Waals surface area contributed by atoms with Crippen molar-refractivity contribution in [3.63, 3.8) is 0 Å². The lowest BCUT2D eigenvalue weighted by Gasteiger charge is -2.31. The van der Waals surface area contributed by atoms with Crippen LogP contribution in [0.2, 0.25) is 0 Å². The molecule has 3 aromatic carbocycles. The Morgan fingerprint density at radius 3 is 2.14 bits per heavy atom. The van der Waals surface area contributed by atoms with Gasteiger partial charge in [-0.15, -0.1) is 0 Å². The molecule has 1 unspecified atom stereocenters. The normalized spacial score (nSPS) is 11.6. The highest BCUT2D eigenvalue weighted by Gasteiger charge is 2.30. The number of rotatable bonds is 13. The SMILES string of the molecule is CCCNC(=O)C(Cc1ccccc1)N(Cc1ccc(F)cc1)C(=O)CCSCc1ccccc1. The summed E-state index contributed by atoms with van der Waals surface area (Å²) >= 11 is 1.70. The van der Waals surface area contributed by atoms with Gasteiger partial charge < -0.3 is 10.2 Å². The smallest absolute Gasteiger partial charge is 0.243 e. The van der Waals surface area contributed by atoms with Gasteiger partial charge in [0.1, 0.15) is 11.9 Å². The number of benzene rings is 3. The zero-order chi connectivity index (χ0) is 24.9. The monoisotopic (exact) mass is 492 g/mol. The minimum absolute atomic E-state index is 0.0810. The fraction of sp³-hybridized carbons (Fsp3) is 0.310. The molecule has 1 N–H and O–H groups in total. The molecule has 1 atom stereocenters. The van der Waals surface area contributed by atoms with Gasteiger partial charge in [-0.3, -0.25) is 9.59 Å². The van der Waals surface area contributed by atoms with E-state index >= 15 is 0 Å². The van der Waals surface area contributed by atoms with Crippen molar-refractivity contribution in [1.29, 1.82) is 0 Å². The lowest BCUT2D eigenvalue weighted by molar-refractivity contribution is -0.141. The molecule has 2 amide bonds. The largest absolute Gasteiger partial charge is 0.354 e. The molecule has 0 aromatic heterocycles. The summed E-state index contributed by atoms with van der Waals surface area (Å²) < 4.78 is 13.5. The predicted molar refractivity (Wildman–Crippen MR) is 141 cm³/mol. The van der Waals surface area contributed by atoms with Crippen molar-refractivity contribution >= 4 is 23.6 Å². The van der Waals surface area contributed by atoms with E-state index in [9.17, 15) is 14.0 Å². The zero-order valence-corrected chi connectivity index (χ0v) is 21.0. The highest BCUT2D eigenvalue weighted by Crippen LogP contribution is 2.18. The third-order valence-electron chi connectivity index (χ3n) is 5.66. The van der Waals surface area contributed by atoms with Crippen LogP contribution in [0, 0.1) is 5.82 Å². The molecule has 0 heterocycles. The molecule has 3 rings (SSSR count). The summed E-state index contributed by atoms with van der Waals surface area (Å²) in [5.41, 5.74) is 2.99. The first-order valence-electron chi connectivity index (χ1n) is 12.0. The molecule has 0 radical (unpaired) electrons. The van der Waals surface area contributed by atoms with Gasteiger partial charge in [0.05, 0.1) is 0 Å². The Morgan fingerprint density at radius 2 is 1.51 bits per heavy atom. The van der Waals surface area contributed by atoms with Crippen LogP contribution in [0.1, 0.15) is 36.5 Å². The Bertz CT molecular complexity index is 1050. The first-order chi connectivity index (χ1) is 17.1. The summed E-state index contributed by atoms with van der Waals surface area (Å²) in [6.07, 6.45) is 1.55. The van der Waals surface area contributed by atoms with Crippen LogP contribution in [0.3, 0.4) is 0 Å². The highest BCUT2D eigenvalue weighted by molar-refractivity contribution is 7.98. The van der Waals surface area contributed by atoms with E-state index in [2.05, 4.69) is 17.4 Å². The molecule has 35 heavy (non-hydrogen) atoms. The van der Waals surface area contributed by atoms with Gasteiger partial charge in [0, 0.05) is 37.4 Å². The van der Waals surface area contributed by atoms with E-state index in [1.54, 1.807) is 28.8 Å². The molecule has 184 valence electrons. The summed E-state index contributed by atoms with van der Waals surface area (Å²) in [7, 11) is 0. The first kappa shape index (κ1) is 26.5. The molecule has 0 fully saturated rings. The van der Waals surface area contributed by atoms with Crippen LogP contribution >= 0.6 is 11.8 Å². The van der Waals surface area contributed by atoms with Crippen molar-refractivity contribution < 1.29 is 14.0 Å². The minimum Gasteiger partial charge on any atom is -0.354 e. The van der Waals surface area contributed by atoms with Gasteiger partial charge in [0.25, 0.3) is 0 Å². The van der Waals surface area contributed by atoms with Crippen molar-refractivity contribution in [3.8, 4) is 0 Å². The van der Waals surface area contributed by atoms with Gasteiger partial charge >= 0.3 is 0 Å². The second-order valence-corrected chi connectivity index (χ2v) is 9.54. The quantitative estimate of drug-likeness (QED) is 0.315. The standard InChI is InChI=1S/C29H33FN2O2S/c1-2-18-31-29(34)27(20-23-9-5-3-6-10-23)32(21-24-13-15-26(30)16-14-24)28(33)17-19-35-22-25-11-7-4-8-12-25/h3-16,27H,2,17-22H2,1H3,(H,31,34). The Morgan fingerprint density at radius 1 is 0.886 bits per heavy atom. The third kappa shape index (κ3) is 8.87.